The molecule has 3 aromatic rings. The highest BCUT2D eigenvalue weighted by Gasteiger charge is 2.31. The molecule has 32 heavy (non-hydrogen) atoms. The molecule has 9 heteroatoms. The molecule has 1 aliphatic rings. The molecule has 0 saturated carbocycles. The van der Waals surface area contributed by atoms with Gasteiger partial charge in [-0.2, -0.15) is 0 Å². The molecule has 4 rings (SSSR count). The van der Waals surface area contributed by atoms with Gasteiger partial charge in [-0.3, -0.25) is 14.5 Å². The molecule has 0 spiro atoms. The third kappa shape index (κ3) is 5.35. The molecule has 1 fully saturated rings. The Labute approximate surface area is 199 Å². The van der Waals surface area contributed by atoms with Crippen LogP contribution in [0.5, 0.6) is 5.75 Å². The molecule has 0 aliphatic carbocycles. The van der Waals surface area contributed by atoms with Crippen molar-refractivity contribution in [1.29, 1.82) is 0 Å². The maximum absolute atomic E-state index is 12.7. The van der Waals surface area contributed by atoms with E-state index in [1.165, 1.54) is 23.1 Å². The fraction of sp³-hybridized carbons (Fsp3) is 0.217. The number of thiocarbonyl (C=S) groups is 1. The van der Waals surface area contributed by atoms with Crippen molar-refractivity contribution in [2.75, 3.05) is 18.5 Å². The van der Waals surface area contributed by atoms with Crippen molar-refractivity contribution in [3.05, 3.63) is 59.0 Å². The predicted molar refractivity (Wildman–Crippen MR) is 135 cm³/mol. The molecule has 2 amide bonds. The van der Waals surface area contributed by atoms with Gasteiger partial charge < -0.3 is 10.1 Å². The number of hydrogen-bond acceptors (Lipinski definition) is 7. The van der Waals surface area contributed by atoms with Crippen LogP contribution in [0.3, 0.4) is 0 Å². The van der Waals surface area contributed by atoms with Crippen molar-refractivity contribution in [2.24, 2.45) is 0 Å². The summed E-state index contributed by atoms with van der Waals surface area (Å²) in [6, 6.07) is 15.3. The van der Waals surface area contributed by atoms with Gasteiger partial charge in [-0.15, -0.1) is 0 Å². The van der Waals surface area contributed by atoms with Gasteiger partial charge in [-0.25, -0.2) is 4.98 Å². The van der Waals surface area contributed by atoms with Crippen molar-refractivity contribution in [3.8, 4) is 5.75 Å². The molecule has 1 aromatic heterocycles. The Morgan fingerprint density at radius 1 is 1.25 bits per heavy atom. The number of nitrogens with zero attached hydrogens (tertiary/aromatic N) is 2. The molecule has 1 aliphatic heterocycles. The quantitative estimate of drug-likeness (QED) is 0.346. The molecule has 1 N–H and O–H groups in total. The molecular formula is C23H21N3O3S3. The van der Waals surface area contributed by atoms with Crippen molar-refractivity contribution in [1.82, 2.24) is 9.88 Å². The minimum Gasteiger partial charge on any atom is -0.494 e. The van der Waals surface area contributed by atoms with Gasteiger partial charge in [0.1, 0.15) is 10.1 Å². The number of carbonyl (C=O) groups is 2. The number of thiazole rings is 1. The zero-order valence-electron chi connectivity index (χ0n) is 17.4. The monoisotopic (exact) mass is 483 g/mol. The lowest BCUT2D eigenvalue weighted by molar-refractivity contribution is -0.122. The second-order valence-electron chi connectivity index (χ2n) is 6.98. The number of anilines is 1. The minimum absolute atomic E-state index is 0.111. The fourth-order valence-electron chi connectivity index (χ4n) is 3.19. The van der Waals surface area contributed by atoms with Gasteiger partial charge in [0.25, 0.3) is 5.91 Å². The topological polar surface area (TPSA) is 71.5 Å². The van der Waals surface area contributed by atoms with Gasteiger partial charge in [0, 0.05) is 13.0 Å². The predicted octanol–water partition coefficient (Wildman–Crippen LogP) is 5.32. The Bertz CT molecular complexity index is 1190. The number of amides is 2. The molecule has 2 heterocycles. The summed E-state index contributed by atoms with van der Waals surface area (Å²) in [5.41, 5.74) is 1.77. The summed E-state index contributed by atoms with van der Waals surface area (Å²) in [7, 11) is 0. The summed E-state index contributed by atoms with van der Waals surface area (Å²) in [5, 5.41) is 3.40. The number of benzene rings is 2. The van der Waals surface area contributed by atoms with E-state index in [0.717, 1.165) is 21.5 Å². The van der Waals surface area contributed by atoms with Gasteiger partial charge in [-0.05, 0) is 43.2 Å². The van der Waals surface area contributed by atoms with Crippen molar-refractivity contribution < 1.29 is 14.3 Å². The number of hydrogen-bond donors (Lipinski definition) is 1. The summed E-state index contributed by atoms with van der Waals surface area (Å²) >= 11 is 8.07. The van der Waals surface area contributed by atoms with Crippen LogP contribution in [-0.4, -0.2) is 39.2 Å². The summed E-state index contributed by atoms with van der Waals surface area (Å²) in [5.74, 6) is 0.534. The van der Waals surface area contributed by atoms with E-state index in [-0.39, 0.29) is 18.2 Å². The van der Waals surface area contributed by atoms with Gasteiger partial charge in [0.05, 0.1) is 21.7 Å². The van der Waals surface area contributed by atoms with Crippen molar-refractivity contribution >= 4 is 72.9 Å². The van der Waals surface area contributed by atoms with E-state index in [2.05, 4.69) is 10.3 Å². The van der Waals surface area contributed by atoms with E-state index in [1.807, 2.05) is 61.5 Å². The Morgan fingerprint density at radius 3 is 2.84 bits per heavy atom. The summed E-state index contributed by atoms with van der Waals surface area (Å²) < 4.78 is 6.98. The van der Waals surface area contributed by atoms with Crippen LogP contribution in [0.2, 0.25) is 0 Å². The lowest BCUT2D eigenvalue weighted by atomic mass is 10.2. The Morgan fingerprint density at radius 2 is 2.06 bits per heavy atom. The number of nitrogens with one attached hydrogen (secondary N) is 1. The van der Waals surface area contributed by atoms with E-state index in [4.69, 9.17) is 17.0 Å². The molecule has 6 nitrogen and oxygen atoms in total. The van der Waals surface area contributed by atoms with Crippen LogP contribution in [0.15, 0.2) is 53.4 Å². The zero-order valence-corrected chi connectivity index (χ0v) is 19.8. The molecule has 0 bridgehead atoms. The summed E-state index contributed by atoms with van der Waals surface area (Å²) in [4.78, 5) is 31.7. The number of ether oxygens (including phenoxy) is 1. The second-order valence-corrected chi connectivity index (χ2v) is 9.68. The van der Waals surface area contributed by atoms with Gasteiger partial charge >= 0.3 is 0 Å². The van der Waals surface area contributed by atoms with Crippen LogP contribution in [0.25, 0.3) is 16.3 Å². The van der Waals surface area contributed by atoms with Crippen molar-refractivity contribution in [2.45, 2.75) is 19.8 Å². The lowest BCUT2D eigenvalue weighted by Crippen LogP contribution is -2.29. The normalized spacial score (nSPS) is 15.0. The number of aromatic nitrogens is 1. The smallest absolute Gasteiger partial charge is 0.266 e. The van der Waals surface area contributed by atoms with E-state index in [1.54, 1.807) is 4.90 Å². The van der Waals surface area contributed by atoms with E-state index in [9.17, 15) is 9.59 Å². The Kier molecular flexibility index (Phi) is 7.19. The highest BCUT2D eigenvalue weighted by molar-refractivity contribution is 8.26. The average molecular weight is 484 g/mol. The fourth-order valence-corrected chi connectivity index (χ4v) is 5.41. The highest BCUT2D eigenvalue weighted by Crippen LogP contribution is 2.33. The van der Waals surface area contributed by atoms with Crippen LogP contribution < -0.4 is 10.1 Å². The third-order valence-electron chi connectivity index (χ3n) is 4.67. The van der Waals surface area contributed by atoms with Gasteiger partial charge in [0.2, 0.25) is 5.91 Å². The van der Waals surface area contributed by atoms with Gasteiger partial charge in [-0.1, -0.05) is 65.6 Å². The Hall–Kier alpha value is -2.75. The standard InChI is InChI=1S/C23H21N3O3S3/c1-2-29-16-10-11-17-18(14-16)31-22(24-17)25-20(27)9-6-12-26-21(28)19(32-23(26)30)13-15-7-4-3-5-8-15/h3-5,7-8,10-11,13-14H,2,6,9,12H2,1H3,(H,24,25,27)/b19-13-. The van der Waals surface area contributed by atoms with Crippen LogP contribution in [0.1, 0.15) is 25.3 Å². The molecule has 1 saturated heterocycles. The lowest BCUT2D eigenvalue weighted by Gasteiger charge is -2.13. The largest absolute Gasteiger partial charge is 0.494 e. The summed E-state index contributed by atoms with van der Waals surface area (Å²) in [6.07, 6.45) is 2.63. The average Bonchev–Trinajstić information content (AvgIpc) is 3.29. The minimum atomic E-state index is -0.139. The SMILES string of the molecule is CCOc1ccc2nc(NC(=O)CCCN3C(=O)/C(=C/c4ccccc4)SC3=S)sc2c1. The van der Waals surface area contributed by atoms with Crippen molar-refractivity contribution in [3.63, 3.8) is 0 Å². The molecule has 0 atom stereocenters. The van der Waals surface area contributed by atoms with Crippen LogP contribution in [-0.2, 0) is 9.59 Å². The molecule has 0 radical (unpaired) electrons. The second kappa shape index (κ2) is 10.2. The first-order valence-corrected chi connectivity index (χ1v) is 12.2. The molecule has 2 aromatic carbocycles. The number of rotatable bonds is 8. The third-order valence-corrected chi connectivity index (χ3v) is 6.99. The first-order chi connectivity index (χ1) is 15.5. The first kappa shape index (κ1) is 22.4. The Balaban J connectivity index is 1.30. The van der Waals surface area contributed by atoms with Crippen LogP contribution >= 0.6 is 35.3 Å². The van der Waals surface area contributed by atoms with Crippen LogP contribution in [0, 0.1) is 0 Å². The number of thioether (sulfide) groups is 1. The number of fused-ring (bicyclic) bond motifs is 1. The number of carbonyl (C=O) groups excluding carboxylic acids is 2. The highest BCUT2D eigenvalue weighted by atomic mass is 32.2. The zero-order chi connectivity index (χ0) is 22.5. The molecular weight excluding hydrogens is 462 g/mol. The maximum Gasteiger partial charge on any atom is 0.266 e. The van der Waals surface area contributed by atoms with E-state index < -0.39 is 0 Å². The molecule has 164 valence electrons. The molecule has 0 unspecified atom stereocenters. The summed E-state index contributed by atoms with van der Waals surface area (Å²) in [6.45, 7) is 2.94. The van der Waals surface area contributed by atoms with E-state index >= 15 is 0 Å². The van der Waals surface area contributed by atoms with Gasteiger partial charge in [0.15, 0.2) is 5.13 Å². The van der Waals surface area contributed by atoms with Crippen LogP contribution in [0.4, 0.5) is 5.13 Å². The van der Waals surface area contributed by atoms with E-state index in [0.29, 0.717) is 33.9 Å². The maximum atomic E-state index is 12.7. The first-order valence-electron chi connectivity index (χ1n) is 10.2.